The van der Waals surface area contributed by atoms with E-state index in [1.807, 2.05) is 0 Å². The number of nitrogens with two attached hydrogens (primary N) is 1. The second kappa shape index (κ2) is 3.88. The molecule has 0 aliphatic rings. The van der Waals surface area contributed by atoms with Crippen LogP contribution in [0.3, 0.4) is 0 Å². The third-order valence-corrected chi connectivity index (χ3v) is 2.00. The quantitative estimate of drug-likeness (QED) is 0.791. The lowest BCUT2D eigenvalue weighted by molar-refractivity contribution is 0.826. The summed E-state index contributed by atoms with van der Waals surface area (Å²) >= 11 is 1.45. The van der Waals surface area contributed by atoms with E-state index in [1.165, 1.54) is 11.3 Å². The van der Waals surface area contributed by atoms with Crippen molar-refractivity contribution in [3.05, 3.63) is 5.01 Å². The fourth-order valence-electron chi connectivity index (χ4n) is 0.480. The Hall–Kier alpha value is -0.160. The monoisotopic (exact) mass is 223 g/mol. The second-order valence-corrected chi connectivity index (χ2v) is 3.17. The van der Waals surface area contributed by atoms with Crippen molar-refractivity contribution in [2.45, 2.75) is 19.8 Å². The molecule has 0 aromatic carbocycles. The summed E-state index contributed by atoms with van der Waals surface area (Å²) in [4.78, 5) is 0. The summed E-state index contributed by atoms with van der Waals surface area (Å²) in [7, 11) is 0. The molecule has 1 heterocycles. The van der Waals surface area contributed by atoms with Gasteiger partial charge < -0.3 is 5.73 Å². The van der Waals surface area contributed by atoms with Crippen molar-refractivity contribution in [3.63, 3.8) is 0 Å². The van der Waals surface area contributed by atoms with Crippen LogP contribution in [0.25, 0.3) is 0 Å². The van der Waals surface area contributed by atoms with Crippen molar-refractivity contribution in [2.24, 2.45) is 0 Å². The molecule has 0 unspecified atom stereocenters. The molecule has 0 fully saturated rings. The lowest BCUT2D eigenvalue weighted by atomic mass is 10.2. The predicted molar refractivity (Wildman–Crippen MR) is 48.7 cm³/mol. The summed E-state index contributed by atoms with van der Waals surface area (Å²) < 4.78 is 0. The third-order valence-electron chi connectivity index (χ3n) is 0.950. The first kappa shape index (κ1) is 9.84. The molecule has 2 N–H and O–H groups in total. The van der Waals surface area contributed by atoms with Gasteiger partial charge in [0.05, 0.1) is 0 Å². The molecule has 0 bridgehead atoms. The Labute approximate surface area is 74.4 Å². The molecule has 58 valence electrons. The van der Waals surface area contributed by atoms with Crippen LogP contribution in [0.2, 0.25) is 0 Å². The van der Waals surface area contributed by atoms with Crippen molar-refractivity contribution in [3.8, 4) is 0 Å². The van der Waals surface area contributed by atoms with Crippen molar-refractivity contribution in [2.75, 3.05) is 5.73 Å². The summed E-state index contributed by atoms with van der Waals surface area (Å²) in [6, 6.07) is 0. The zero-order chi connectivity index (χ0) is 6.85. The van der Waals surface area contributed by atoms with E-state index in [1.54, 1.807) is 0 Å². The average molecular weight is 224 g/mol. The fourth-order valence-corrected chi connectivity index (χ4v) is 1.09. The minimum atomic E-state index is 0. The lowest BCUT2D eigenvalue weighted by Gasteiger charge is -1.92. The Morgan fingerprint density at radius 1 is 1.40 bits per heavy atom. The van der Waals surface area contributed by atoms with Gasteiger partial charge in [-0.15, -0.1) is 27.2 Å². The highest BCUT2D eigenvalue weighted by atomic mass is 79.9. The van der Waals surface area contributed by atoms with Gasteiger partial charge in [0, 0.05) is 5.92 Å². The summed E-state index contributed by atoms with van der Waals surface area (Å²) in [5.74, 6) is 0.444. The van der Waals surface area contributed by atoms with Crippen LogP contribution in [0, 0.1) is 0 Å². The molecule has 0 saturated carbocycles. The van der Waals surface area contributed by atoms with E-state index >= 15 is 0 Å². The van der Waals surface area contributed by atoms with Gasteiger partial charge in [-0.05, 0) is 0 Å². The molecule has 1 rings (SSSR count). The molecule has 5 heteroatoms. The molecule has 0 saturated heterocycles. The SMILES string of the molecule is Br.CC(C)c1nnc(N)s1. The number of hydrogen-bond donors (Lipinski definition) is 1. The van der Waals surface area contributed by atoms with Crippen LogP contribution in [0.1, 0.15) is 24.8 Å². The number of anilines is 1. The maximum Gasteiger partial charge on any atom is 0.203 e. The van der Waals surface area contributed by atoms with E-state index in [2.05, 4.69) is 24.0 Å². The van der Waals surface area contributed by atoms with Gasteiger partial charge in [-0.3, -0.25) is 0 Å². The number of aromatic nitrogens is 2. The Morgan fingerprint density at radius 2 is 2.00 bits per heavy atom. The van der Waals surface area contributed by atoms with Crippen LogP contribution in [0.5, 0.6) is 0 Å². The largest absolute Gasteiger partial charge is 0.374 e. The fraction of sp³-hybridized carbons (Fsp3) is 0.600. The molecule has 1 aromatic heterocycles. The number of halogens is 1. The van der Waals surface area contributed by atoms with E-state index in [0.717, 1.165) is 5.01 Å². The number of rotatable bonds is 1. The Bertz CT molecular complexity index is 199. The van der Waals surface area contributed by atoms with Gasteiger partial charge in [0.15, 0.2) is 0 Å². The van der Waals surface area contributed by atoms with Crippen LogP contribution < -0.4 is 5.73 Å². The predicted octanol–water partition coefficient (Wildman–Crippen LogP) is 1.82. The van der Waals surface area contributed by atoms with Gasteiger partial charge in [-0.2, -0.15) is 0 Å². The highest BCUT2D eigenvalue weighted by Gasteiger charge is 2.03. The number of hydrogen-bond acceptors (Lipinski definition) is 4. The Kier molecular flexibility index (Phi) is 3.81. The highest BCUT2D eigenvalue weighted by Crippen LogP contribution is 2.19. The molecular formula is C5H10BrN3S. The minimum Gasteiger partial charge on any atom is -0.374 e. The Balaban J connectivity index is 0.000000810. The van der Waals surface area contributed by atoms with Crippen molar-refractivity contribution < 1.29 is 0 Å². The topological polar surface area (TPSA) is 51.8 Å². The van der Waals surface area contributed by atoms with Gasteiger partial charge in [0.1, 0.15) is 5.01 Å². The van der Waals surface area contributed by atoms with Gasteiger partial charge in [0.2, 0.25) is 5.13 Å². The molecule has 0 radical (unpaired) electrons. The van der Waals surface area contributed by atoms with Crippen molar-refractivity contribution in [1.29, 1.82) is 0 Å². The number of nitrogens with zero attached hydrogens (tertiary/aromatic N) is 2. The molecule has 0 aliphatic carbocycles. The van der Waals surface area contributed by atoms with Crippen molar-refractivity contribution in [1.82, 2.24) is 10.2 Å². The van der Waals surface area contributed by atoms with Crippen LogP contribution in [0.15, 0.2) is 0 Å². The lowest BCUT2D eigenvalue weighted by Crippen LogP contribution is -1.84. The molecule has 10 heavy (non-hydrogen) atoms. The molecule has 0 amide bonds. The first-order valence-electron chi connectivity index (χ1n) is 2.79. The van der Waals surface area contributed by atoms with E-state index < -0.39 is 0 Å². The summed E-state index contributed by atoms with van der Waals surface area (Å²) in [6.45, 7) is 4.14. The van der Waals surface area contributed by atoms with E-state index in [4.69, 9.17) is 5.73 Å². The average Bonchev–Trinajstić information content (AvgIpc) is 2.14. The molecule has 0 spiro atoms. The smallest absolute Gasteiger partial charge is 0.203 e. The first-order valence-corrected chi connectivity index (χ1v) is 3.60. The van der Waals surface area contributed by atoms with Crippen LogP contribution >= 0.6 is 28.3 Å². The van der Waals surface area contributed by atoms with Gasteiger partial charge in [-0.25, -0.2) is 0 Å². The van der Waals surface area contributed by atoms with Gasteiger partial charge in [0.25, 0.3) is 0 Å². The molecule has 3 nitrogen and oxygen atoms in total. The molecule has 1 aromatic rings. The van der Waals surface area contributed by atoms with E-state index in [0.29, 0.717) is 11.0 Å². The highest BCUT2D eigenvalue weighted by molar-refractivity contribution is 8.93. The van der Waals surface area contributed by atoms with E-state index in [-0.39, 0.29) is 17.0 Å². The summed E-state index contributed by atoms with van der Waals surface area (Å²) in [5, 5.41) is 9.10. The zero-order valence-electron chi connectivity index (χ0n) is 5.87. The van der Waals surface area contributed by atoms with Crippen LogP contribution in [-0.2, 0) is 0 Å². The third kappa shape index (κ3) is 2.22. The Morgan fingerprint density at radius 3 is 2.20 bits per heavy atom. The second-order valence-electron chi connectivity index (χ2n) is 2.13. The maximum atomic E-state index is 5.36. The standard InChI is InChI=1S/C5H9N3S.BrH/c1-3(2)4-7-8-5(6)9-4;/h3H,1-2H3,(H2,6,8);1H. The van der Waals surface area contributed by atoms with Gasteiger partial charge in [-0.1, -0.05) is 25.2 Å². The first-order chi connectivity index (χ1) is 4.20. The maximum absolute atomic E-state index is 5.36. The summed E-state index contributed by atoms with van der Waals surface area (Å²) in [5.41, 5.74) is 5.36. The zero-order valence-corrected chi connectivity index (χ0v) is 8.40. The molecule has 0 aliphatic heterocycles. The molecule has 0 atom stereocenters. The van der Waals surface area contributed by atoms with Gasteiger partial charge >= 0.3 is 0 Å². The molecular weight excluding hydrogens is 214 g/mol. The van der Waals surface area contributed by atoms with Crippen LogP contribution in [-0.4, -0.2) is 10.2 Å². The summed E-state index contributed by atoms with van der Waals surface area (Å²) in [6.07, 6.45) is 0. The van der Waals surface area contributed by atoms with Crippen molar-refractivity contribution >= 4 is 33.4 Å². The number of nitrogen functional groups attached to an aromatic ring is 1. The van der Waals surface area contributed by atoms with E-state index in [9.17, 15) is 0 Å². The van der Waals surface area contributed by atoms with Crippen LogP contribution in [0.4, 0.5) is 5.13 Å². The minimum absolute atomic E-state index is 0. The normalized spacial score (nSPS) is 9.50.